The van der Waals surface area contributed by atoms with Crippen molar-refractivity contribution in [2.24, 2.45) is 5.73 Å². The Labute approximate surface area is 108 Å². The molecule has 2 N–H and O–H groups in total. The van der Waals surface area contributed by atoms with Gasteiger partial charge in [-0.15, -0.1) is 0 Å². The Morgan fingerprint density at radius 3 is 2.82 bits per heavy atom. The molecule has 2 rings (SSSR count). The molecule has 0 aliphatic heterocycles. The molecule has 92 valence electrons. The van der Waals surface area contributed by atoms with E-state index in [-0.39, 0.29) is 0 Å². The Kier molecular flexibility index (Phi) is 3.94. The number of nitrogens with zero attached hydrogens (tertiary/aromatic N) is 2. The third-order valence-electron chi connectivity index (χ3n) is 3.43. The van der Waals surface area contributed by atoms with E-state index in [1.54, 1.807) is 0 Å². The molecule has 0 radical (unpaired) electrons. The minimum absolute atomic E-state index is 0.435. The van der Waals surface area contributed by atoms with Crippen LogP contribution in [-0.2, 0) is 0 Å². The molecule has 0 aromatic carbocycles. The Morgan fingerprint density at radius 2 is 2.24 bits per heavy atom. The van der Waals surface area contributed by atoms with Crippen LogP contribution in [0.25, 0.3) is 0 Å². The summed E-state index contributed by atoms with van der Waals surface area (Å²) < 4.78 is 0. The zero-order valence-electron chi connectivity index (χ0n) is 10.2. The van der Waals surface area contributed by atoms with Crippen molar-refractivity contribution in [2.45, 2.75) is 38.6 Å². The van der Waals surface area contributed by atoms with Gasteiger partial charge in [0.2, 0.25) is 0 Å². The molecule has 17 heavy (non-hydrogen) atoms. The van der Waals surface area contributed by atoms with Crippen molar-refractivity contribution in [3.63, 3.8) is 0 Å². The summed E-state index contributed by atoms with van der Waals surface area (Å²) in [6.45, 7) is 3.12. The maximum Gasteiger partial charge on any atom is 0.139 e. The van der Waals surface area contributed by atoms with Crippen molar-refractivity contribution in [1.29, 1.82) is 0 Å². The average Bonchev–Trinajstić information content (AvgIpc) is 2.84. The summed E-state index contributed by atoms with van der Waals surface area (Å²) in [7, 11) is 0. The summed E-state index contributed by atoms with van der Waals surface area (Å²) in [5.74, 6) is 0.953. The fourth-order valence-electron chi connectivity index (χ4n) is 2.62. The number of hydrogen-bond donors (Lipinski definition) is 1. The summed E-state index contributed by atoms with van der Waals surface area (Å²) in [5, 5.41) is 0. The van der Waals surface area contributed by atoms with Crippen LogP contribution in [0.5, 0.6) is 0 Å². The Morgan fingerprint density at radius 1 is 1.53 bits per heavy atom. The smallest absolute Gasteiger partial charge is 0.139 e. The highest BCUT2D eigenvalue weighted by Gasteiger charge is 2.24. The molecule has 1 aliphatic carbocycles. The van der Waals surface area contributed by atoms with Gasteiger partial charge >= 0.3 is 0 Å². The Bertz CT molecular complexity index is 399. The van der Waals surface area contributed by atoms with Crippen molar-refractivity contribution in [2.75, 3.05) is 11.4 Å². The van der Waals surface area contributed by atoms with E-state index in [9.17, 15) is 0 Å². The fraction of sp³-hybridized carbons (Fsp3) is 0.538. The lowest BCUT2D eigenvalue weighted by molar-refractivity contribution is 0.613. The van der Waals surface area contributed by atoms with Gasteiger partial charge in [-0.2, -0.15) is 0 Å². The van der Waals surface area contributed by atoms with Gasteiger partial charge in [-0.05, 0) is 31.9 Å². The molecule has 0 saturated heterocycles. The van der Waals surface area contributed by atoms with Gasteiger partial charge in [-0.3, -0.25) is 0 Å². The molecular weight excluding hydrogens is 230 g/mol. The lowest BCUT2D eigenvalue weighted by Gasteiger charge is -2.30. The third-order valence-corrected chi connectivity index (χ3v) is 3.65. The first-order valence-corrected chi connectivity index (χ1v) is 6.66. The summed E-state index contributed by atoms with van der Waals surface area (Å²) in [4.78, 5) is 7.26. The first-order valence-electron chi connectivity index (χ1n) is 6.25. The second-order valence-electron chi connectivity index (χ2n) is 4.46. The quantitative estimate of drug-likeness (QED) is 0.833. The van der Waals surface area contributed by atoms with Crippen LogP contribution in [0.3, 0.4) is 0 Å². The van der Waals surface area contributed by atoms with E-state index in [1.165, 1.54) is 25.7 Å². The molecule has 4 heteroatoms. The van der Waals surface area contributed by atoms with Crippen LogP contribution in [-0.4, -0.2) is 22.6 Å². The van der Waals surface area contributed by atoms with Crippen molar-refractivity contribution < 1.29 is 0 Å². The standard InChI is InChI=1S/C13H19N3S/c1-2-16(10-6-3-4-7-10)13-11(12(14)17)8-5-9-15-13/h5,8-10H,2-4,6-7H2,1H3,(H2,14,17). The number of nitrogens with two attached hydrogens (primary N) is 1. The van der Waals surface area contributed by atoms with E-state index in [4.69, 9.17) is 18.0 Å². The molecule has 3 nitrogen and oxygen atoms in total. The highest BCUT2D eigenvalue weighted by molar-refractivity contribution is 7.80. The van der Waals surface area contributed by atoms with Crippen molar-refractivity contribution in [1.82, 2.24) is 4.98 Å². The summed E-state index contributed by atoms with van der Waals surface area (Å²) >= 11 is 5.10. The zero-order valence-corrected chi connectivity index (χ0v) is 11.0. The lowest BCUT2D eigenvalue weighted by atomic mass is 10.1. The van der Waals surface area contributed by atoms with Gasteiger partial charge in [0.25, 0.3) is 0 Å². The predicted molar refractivity (Wildman–Crippen MR) is 75.4 cm³/mol. The van der Waals surface area contributed by atoms with E-state index in [0.717, 1.165) is 17.9 Å². The van der Waals surface area contributed by atoms with E-state index >= 15 is 0 Å². The SMILES string of the molecule is CCN(c1ncccc1C(N)=S)C1CCCC1. The predicted octanol–water partition coefficient (Wildman–Crippen LogP) is 2.48. The second kappa shape index (κ2) is 5.45. The normalized spacial score (nSPS) is 16.1. The molecule has 0 atom stereocenters. The van der Waals surface area contributed by atoms with Gasteiger partial charge in [-0.1, -0.05) is 25.1 Å². The van der Waals surface area contributed by atoms with Gasteiger partial charge in [0.15, 0.2) is 0 Å². The van der Waals surface area contributed by atoms with Crippen LogP contribution in [0, 0.1) is 0 Å². The molecule has 0 unspecified atom stereocenters. The van der Waals surface area contributed by atoms with E-state index < -0.39 is 0 Å². The monoisotopic (exact) mass is 249 g/mol. The van der Waals surface area contributed by atoms with Crippen molar-refractivity contribution in [3.8, 4) is 0 Å². The first-order chi connectivity index (χ1) is 8.24. The van der Waals surface area contributed by atoms with Crippen LogP contribution in [0.2, 0.25) is 0 Å². The van der Waals surface area contributed by atoms with Crippen LogP contribution in [0.15, 0.2) is 18.3 Å². The molecule has 1 aromatic heterocycles. The van der Waals surface area contributed by atoms with Crippen LogP contribution < -0.4 is 10.6 Å². The van der Waals surface area contributed by atoms with Gasteiger partial charge in [0.1, 0.15) is 10.8 Å². The summed E-state index contributed by atoms with van der Waals surface area (Å²) in [5.41, 5.74) is 6.67. The largest absolute Gasteiger partial charge is 0.389 e. The third kappa shape index (κ3) is 2.57. The van der Waals surface area contributed by atoms with Crippen molar-refractivity contribution >= 4 is 23.0 Å². The number of thiocarbonyl (C=S) groups is 1. The second-order valence-corrected chi connectivity index (χ2v) is 4.90. The van der Waals surface area contributed by atoms with E-state index in [2.05, 4.69) is 16.8 Å². The summed E-state index contributed by atoms with van der Waals surface area (Å²) in [6.07, 6.45) is 6.95. The zero-order chi connectivity index (χ0) is 12.3. The molecule has 1 aromatic rings. The molecule has 1 aliphatic rings. The number of pyridine rings is 1. The number of aromatic nitrogens is 1. The van der Waals surface area contributed by atoms with Crippen LogP contribution in [0.4, 0.5) is 5.82 Å². The lowest BCUT2D eigenvalue weighted by Crippen LogP contribution is -2.35. The summed E-state index contributed by atoms with van der Waals surface area (Å²) in [6, 6.07) is 4.45. The van der Waals surface area contributed by atoms with E-state index in [0.29, 0.717) is 11.0 Å². The van der Waals surface area contributed by atoms with Crippen LogP contribution in [0.1, 0.15) is 38.2 Å². The van der Waals surface area contributed by atoms with E-state index in [1.807, 2.05) is 18.3 Å². The number of rotatable bonds is 4. The number of hydrogen-bond acceptors (Lipinski definition) is 3. The highest BCUT2D eigenvalue weighted by Crippen LogP contribution is 2.28. The molecule has 0 bridgehead atoms. The molecule has 0 amide bonds. The van der Waals surface area contributed by atoms with Gasteiger partial charge in [-0.25, -0.2) is 4.98 Å². The van der Waals surface area contributed by atoms with Gasteiger partial charge in [0.05, 0.1) is 5.56 Å². The van der Waals surface area contributed by atoms with Gasteiger partial charge in [0, 0.05) is 18.8 Å². The highest BCUT2D eigenvalue weighted by atomic mass is 32.1. The molecule has 1 heterocycles. The molecule has 1 saturated carbocycles. The first kappa shape index (κ1) is 12.3. The maximum atomic E-state index is 5.77. The van der Waals surface area contributed by atoms with Crippen molar-refractivity contribution in [3.05, 3.63) is 23.9 Å². The number of anilines is 1. The fourth-order valence-corrected chi connectivity index (χ4v) is 2.77. The maximum absolute atomic E-state index is 5.77. The molecular formula is C13H19N3S. The van der Waals surface area contributed by atoms with Crippen LogP contribution >= 0.6 is 12.2 Å². The average molecular weight is 249 g/mol. The molecule has 0 spiro atoms. The molecule has 1 fully saturated rings. The Balaban J connectivity index is 2.32. The topological polar surface area (TPSA) is 42.2 Å². The minimum atomic E-state index is 0.435. The van der Waals surface area contributed by atoms with Gasteiger partial charge < -0.3 is 10.6 Å². The Hall–Kier alpha value is -1.16. The minimum Gasteiger partial charge on any atom is -0.389 e.